The summed E-state index contributed by atoms with van der Waals surface area (Å²) < 4.78 is 16.3. The highest BCUT2D eigenvalue weighted by molar-refractivity contribution is 6.01. The Hall–Kier alpha value is -2.54. The molecule has 0 bridgehead atoms. The number of benzene rings is 1. The number of hydrogen-bond acceptors (Lipinski definition) is 7. The summed E-state index contributed by atoms with van der Waals surface area (Å²) in [6.45, 7) is 4.60. The molecule has 5 atom stereocenters. The Kier molecular flexibility index (Phi) is 12.6. The summed E-state index contributed by atoms with van der Waals surface area (Å²) in [6.07, 6.45) is 19.7. The SMILES string of the molecule is CCCCCCCCCCCCCCCCCCOC1C2C(=O)OC(=O)C2c2cc(C)ccc2C1C1CC(=O)OC1=O. The molecule has 2 saturated heterocycles. The van der Waals surface area contributed by atoms with E-state index in [9.17, 15) is 19.2 Å². The van der Waals surface area contributed by atoms with E-state index in [0.717, 1.165) is 30.4 Å². The van der Waals surface area contributed by atoms with Gasteiger partial charge in [-0.3, -0.25) is 19.2 Å². The number of cyclic esters (lactones) is 4. The van der Waals surface area contributed by atoms with Gasteiger partial charge in [-0.15, -0.1) is 0 Å². The lowest BCUT2D eigenvalue weighted by atomic mass is 9.65. The molecule has 2 fully saturated rings. The highest BCUT2D eigenvalue weighted by Crippen LogP contribution is 2.52. The van der Waals surface area contributed by atoms with Gasteiger partial charge in [-0.05, 0) is 24.5 Å². The quantitative estimate of drug-likeness (QED) is 0.0941. The van der Waals surface area contributed by atoms with Crippen molar-refractivity contribution in [3.8, 4) is 0 Å². The lowest BCUT2D eigenvalue weighted by Gasteiger charge is -2.40. The first-order valence-corrected chi connectivity index (χ1v) is 16.6. The molecule has 0 amide bonds. The second kappa shape index (κ2) is 16.3. The summed E-state index contributed by atoms with van der Waals surface area (Å²) in [4.78, 5) is 50.4. The van der Waals surface area contributed by atoms with Crippen LogP contribution in [0.3, 0.4) is 0 Å². The zero-order valence-corrected chi connectivity index (χ0v) is 25.7. The van der Waals surface area contributed by atoms with Gasteiger partial charge in [0.05, 0.1) is 24.4 Å². The number of unbranched alkanes of at least 4 members (excludes halogenated alkanes) is 15. The van der Waals surface area contributed by atoms with E-state index in [2.05, 4.69) is 6.92 Å². The molecule has 2 aliphatic heterocycles. The second-order valence-corrected chi connectivity index (χ2v) is 12.6. The van der Waals surface area contributed by atoms with Crippen molar-refractivity contribution in [1.82, 2.24) is 0 Å². The number of esters is 4. The number of aryl methyl sites for hydroxylation is 1. The Morgan fingerprint density at radius 3 is 1.79 bits per heavy atom. The zero-order valence-electron chi connectivity index (χ0n) is 25.7. The van der Waals surface area contributed by atoms with Gasteiger partial charge in [-0.1, -0.05) is 127 Å². The van der Waals surface area contributed by atoms with Crippen molar-refractivity contribution in [3.63, 3.8) is 0 Å². The van der Waals surface area contributed by atoms with Gasteiger partial charge in [-0.25, -0.2) is 0 Å². The van der Waals surface area contributed by atoms with E-state index in [4.69, 9.17) is 14.2 Å². The average Bonchev–Trinajstić information content (AvgIpc) is 3.46. The molecule has 1 aliphatic carbocycles. The Labute approximate surface area is 251 Å². The minimum atomic E-state index is -0.832. The van der Waals surface area contributed by atoms with Crippen molar-refractivity contribution in [2.24, 2.45) is 11.8 Å². The molecule has 3 aliphatic rings. The predicted octanol–water partition coefficient (Wildman–Crippen LogP) is 7.61. The van der Waals surface area contributed by atoms with Crippen LogP contribution in [0.1, 0.15) is 145 Å². The Bertz CT molecular complexity index is 1080. The van der Waals surface area contributed by atoms with Crippen molar-refractivity contribution in [2.75, 3.05) is 6.61 Å². The van der Waals surface area contributed by atoms with Crippen LogP contribution in [0, 0.1) is 18.8 Å². The van der Waals surface area contributed by atoms with Gasteiger partial charge in [0.2, 0.25) is 0 Å². The number of ether oxygens (including phenoxy) is 3. The third-order valence-corrected chi connectivity index (χ3v) is 9.38. The molecule has 0 spiro atoms. The van der Waals surface area contributed by atoms with Gasteiger partial charge in [0.15, 0.2) is 0 Å². The molecule has 5 unspecified atom stereocenters. The molecular weight excluding hydrogens is 532 g/mol. The van der Waals surface area contributed by atoms with E-state index in [-0.39, 0.29) is 6.42 Å². The van der Waals surface area contributed by atoms with Crippen LogP contribution in [-0.2, 0) is 33.4 Å². The molecule has 232 valence electrons. The highest BCUT2D eigenvalue weighted by Gasteiger charge is 2.59. The number of fused-ring (bicyclic) bond motifs is 3. The molecule has 0 aromatic heterocycles. The van der Waals surface area contributed by atoms with E-state index in [1.807, 2.05) is 25.1 Å². The predicted molar refractivity (Wildman–Crippen MR) is 160 cm³/mol. The van der Waals surface area contributed by atoms with Gasteiger partial charge >= 0.3 is 23.9 Å². The molecule has 1 aromatic rings. The van der Waals surface area contributed by atoms with E-state index in [1.165, 1.54) is 83.5 Å². The summed E-state index contributed by atoms with van der Waals surface area (Å²) in [5.41, 5.74) is 2.40. The van der Waals surface area contributed by atoms with Crippen LogP contribution in [-0.4, -0.2) is 36.6 Å². The van der Waals surface area contributed by atoms with Crippen LogP contribution in [0.25, 0.3) is 0 Å². The van der Waals surface area contributed by atoms with Crippen molar-refractivity contribution in [2.45, 2.75) is 141 Å². The van der Waals surface area contributed by atoms with Crippen molar-refractivity contribution in [3.05, 3.63) is 34.9 Å². The second-order valence-electron chi connectivity index (χ2n) is 12.6. The normalized spacial score (nSPS) is 25.0. The lowest BCUT2D eigenvalue weighted by molar-refractivity contribution is -0.158. The number of carbonyl (C=O) groups excluding carboxylic acids is 4. The minimum Gasteiger partial charge on any atom is -0.393 e. The Morgan fingerprint density at radius 1 is 0.667 bits per heavy atom. The first kappa shape index (κ1) is 32.4. The molecule has 0 radical (unpaired) electrons. The molecule has 7 heteroatoms. The van der Waals surface area contributed by atoms with E-state index >= 15 is 0 Å². The summed E-state index contributed by atoms with van der Waals surface area (Å²) in [5.74, 6) is -5.24. The first-order valence-electron chi connectivity index (χ1n) is 16.6. The third-order valence-electron chi connectivity index (χ3n) is 9.38. The number of rotatable bonds is 19. The van der Waals surface area contributed by atoms with Crippen LogP contribution >= 0.6 is 0 Å². The summed E-state index contributed by atoms with van der Waals surface area (Å²) in [7, 11) is 0. The molecule has 0 N–H and O–H groups in total. The van der Waals surface area contributed by atoms with Gasteiger partial charge in [0, 0.05) is 12.5 Å². The fourth-order valence-corrected chi connectivity index (χ4v) is 7.11. The molecule has 7 nitrogen and oxygen atoms in total. The molecular formula is C35H50O7. The Morgan fingerprint density at radius 2 is 1.24 bits per heavy atom. The van der Waals surface area contributed by atoms with Gasteiger partial charge in [-0.2, -0.15) is 0 Å². The minimum absolute atomic E-state index is 0.0594. The fraction of sp³-hybridized carbons (Fsp3) is 0.714. The van der Waals surface area contributed by atoms with Crippen LogP contribution in [0.5, 0.6) is 0 Å². The zero-order chi connectivity index (χ0) is 29.9. The van der Waals surface area contributed by atoms with Crippen LogP contribution in [0.4, 0.5) is 0 Å². The molecule has 0 saturated carbocycles. The highest BCUT2D eigenvalue weighted by atomic mass is 16.6. The Balaban J connectivity index is 1.21. The van der Waals surface area contributed by atoms with Crippen molar-refractivity contribution >= 4 is 23.9 Å². The molecule has 2 heterocycles. The third kappa shape index (κ3) is 8.30. The lowest BCUT2D eigenvalue weighted by Crippen LogP contribution is -2.45. The topological polar surface area (TPSA) is 96.0 Å². The molecule has 42 heavy (non-hydrogen) atoms. The largest absolute Gasteiger partial charge is 0.393 e. The van der Waals surface area contributed by atoms with Crippen LogP contribution in [0.15, 0.2) is 18.2 Å². The monoisotopic (exact) mass is 582 g/mol. The fourth-order valence-electron chi connectivity index (χ4n) is 7.11. The molecule has 1 aromatic carbocycles. The maximum Gasteiger partial charge on any atom is 0.322 e. The van der Waals surface area contributed by atoms with Gasteiger partial charge in [0.1, 0.15) is 5.92 Å². The summed E-state index contributed by atoms with van der Waals surface area (Å²) in [6, 6.07) is 5.69. The van der Waals surface area contributed by atoms with Gasteiger partial charge < -0.3 is 14.2 Å². The average molecular weight is 583 g/mol. The standard InChI is InChI=1S/C35H50O7/c1-3-4-5-6-7-8-9-10-11-12-13-14-15-16-17-18-21-40-32-29(27-23-28(36)41-33(27)37)25-20-19-24(2)22-26(25)30-31(32)35(39)42-34(30)38/h19-20,22,27,29-32H,3-18,21,23H2,1-2H3. The van der Waals surface area contributed by atoms with E-state index in [1.54, 1.807) is 0 Å². The maximum atomic E-state index is 12.9. The summed E-state index contributed by atoms with van der Waals surface area (Å²) in [5, 5.41) is 0. The van der Waals surface area contributed by atoms with Crippen molar-refractivity contribution < 1.29 is 33.4 Å². The van der Waals surface area contributed by atoms with Crippen LogP contribution in [0.2, 0.25) is 0 Å². The van der Waals surface area contributed by atoms with E-state index in [0.29, 0.717) is 12.2 Å². The van der Waals surface area contributed by atoms with Crippen molar-refractivity contribution in [1.29, 1.82) is 0 Å². The smallest absolute Gasteiger partial charge is 0.322 e. The number of hydrogen-bond donors (Lipinski definition) is 0. The first-order chi connectivity index (χ1) is 20.4. The summed E-state index contributed by atoms with van der Waals surface area (Å²) >= 11 is 0. The van der Waals surface area contributed by atoms with Crippen LogP contribution < -0.4 is 0 Å². The number of carbonyl (C=O) groups is 4. The molecule has 4 rings (SSSR count). The van der Waals surface area contributed by atoms with Gasteiger partial charge in [0.25, 0.3) is 0 Å². The van der Waals surface area contributed by atoms with E-state index < -0.39 is 53.7 Å². The maximum absolute atomic E-state index is 12.9.